The molecular weight excluding hydrogens is 520 g/mol. The van der Waals surface area contributed by atoms with E-state index >= 15 is 0 Å². The molecule has 6 nitrogen and oxygen atoms in total. The topological polar surface area (TPSA) is 73.9 Å². The first-order valence-corrected chi connectivity index (χ1v) is 11.5. The molecule has 0 bridgehead atoms. The molecule has 2 aromatic rings. The Kier molecular flexibility index (Phi) is 8.63. The van der Waals surface area contributed by atoms with Crippen molar-refractivity contribution in [3.8, 4) is 11.5 Å². The summed E-state index contributed by atoms with van der Waals surface area (Å²) in [5.41, 5.74) is -3.71. The van der Waals surface area contributed by atoms with E-state index in [1.807, 2.05) is 0 Å². The van der Waals surface area contributed by atoms with Gasteiger partial charge in [-0.05, 0) is 55.7 Å². The van der Waals surface area contributed by atoms with E-state index in [4.69, 9.17) is 14.2 Å². The van der Waals surface area contributed by atoms with Gasteiger partial charge in [-0.1, -0.05) is 12.2 Å². The number of carbonyl (C=O) groups is 2. The zero-order valence-electron chi connectivity index (χ0n) is 20.6. The third kappa shape index (κ3) is 6.40. The fourth-order valence-corrected chi connectivity index (χ4v) is 4.33. The van der Waals surface area contributed by atoms with Gasteiger partial charge in [0.25, 0.3) is 5.91 Å². The number of methoxy groups -OCH3 is 2. The normalized spacial score (nSPS) is 18.1. The van der Waals surface area contributed by atoms with Crippen molar-refractivity contribution < 1.29 is 50.1 Å². The lowest BCUT2D eigenvalue weighted by atomic mass is 9.84. The molecule has 38 heavy (non-hydrogen) atoms. The number of ether oxygens (including phenoxy) is 3. The van der Waals surface area contributed by atoms with Crippen LogP contribution in [0.25, 0.3) is 0 Å². The highest BCUT2D eigenvalue weighted by Gasteiger charge is 2.40. The summed E-state index contributed by atoms with van der Waals surface area (Å²) in [4.78, 5) is 25.7. The first-order chi connectivity index (χ1) is 17.8. The van der Waals surface area contributed by atoms with Gasteiger partial charge in [-0.25, -0.2) is 0 Å². The molecule has 3 rings (SSSR count). The summed E-state index contributed by atoms with van der Waals surface area (Å²) >= 11 is 0. The molecule has 12 heteroatoms. The molecule has 0 aromatic heterocycles. The molecule has 3 atom stereocenters. The zero-order valence-corrected chi connectivity index (χ0v) is 20.6. The summed E-state index contributed by atoms with van der Waals surface area (Å²) in [5, 5.41) is 2.41. The van der Waals surface area contributed by atoms with Gasteiger partial charge in [-0.15, -0.1) is 0 Å². The van der Waals surface area contributed by atoms with Crippen LogP contribution < -0.4 is 14.8 Å². The molecule has 2 aromatic carbocycles. The number of hydrogen-bond donors (Lipinski definition) is 1. The van der Waals surface area contributed by atoms with Crippen LogP contribution in [-0.4, -0.2) is 38.7 Å². The van der Waals surface area contributed by atoms with Crippen molar-refractivity contribution in [2.24, 2.45) is 5.92 Å². The van der Waals surface area contributed by atoms with Gasteiger partial charge in [0, 0.05) is 11.6 Å². The van der Waals surface area contributed by atoms with Crippen LogP contribution in [0, 0.1) is 5.92 Å². The maximum Gasteiger partial charge on any atom is 0.417 e. The SMILES string of the molecule is CCOC(=O)C(c1cc(OC)ccc1OC)C1C=CC(NC(=O)c2ccc(C(F)(F)F)cc2C(F)(F)F)C1. The molecule has 1 N–H and O–H groups in total. The Hall–Kier alpha value is -3.70. The number of nitrogens with one attached hydrogen (secondary N) is 1. The number of esters is 1. The van der Waals surface area contributed by atoms with Crippen LogP contribution in [0.5, 0.6) is 11.5 Å². The van der Waals surface area contributed by atoms with Crippen LogP contribution in [0.3, 0.4) is 0 Å². The quantitative estimate of drug-likeness (QED) is 0.259. The second-order valence-electron chi connectivity index (χ2n) is 8.46. The zero-order chi connectivity index (χ0) is 28.3. The molecule has 0 fully saturated rings. The molecule has 3 unspecified atom stereocenters. The summed E-state index contributed by atoms with van der Waals surface area (Å²) < 4.78 is 95.3. The highest BCUT2D eigenvalue weighted by Crippen LogP contribution is 2.41. The Morgan fingerprint density at radius 3 is 2.26 bits per heavy atom. The van der Waals surface area contributed by atoms with Gasteiger partial charge in [0.15, 0.2) is 0 Å². The van der Waals surface area contributed by atoms with E-state index in [1.165, 1.54) is 20.3 Å². The first-order valence-electron chi connectivity index (χ1n) is 11.5. The Morgan fingerprint density at radius 1 is 0.974 bits per heavy atom. The predicted molar refractivity (Wildman–Crippen MR) is 124 cm³/mol. The molecule has 0 saturated carbocycles. The average Bonchev–Trinajstić information content (AvgIpc) is 3.30. The Morgan fingerprint density at radius 2 is 1.68 bits per heavy atom. The second kappa shape index (κ2) is 11.4. The first kappa shape index (κ1) is 28.9. The summed E-state index contributed by atoms with van der Waals surface area (Å²) in [6.07, 6.45) is -6.96. The number of rotatable bonds is 8. The minimum Gasteiger partial charge on any atom is -0.497 e. The number of alkyl halides is 6. The lowest BCUT2D eigenvalue weighted by molar-refractivity contribution is -0.146. The minimum atomic E-state index is -5.19. The molecule has 1 aliphatic carbocycles. The smallest absolute Gasteiger partial charge is 0.417 e. The molecule has 206 valence electrons. The van der Waals surface area contributed by atoms with Crippen molar-refractivity contribution in [3.05, 3.63) is 70.8 Å². The Balaban J connectivity index is 1.87. The molecule has 0 aliphatic heterocycles. The molecule has 0 spiro atoms. The number of amides is 1. The largest absolute Gasteiger partial charge is 0.497 e. The van der Waals surface area contributed by atoms with Crippen LogP contribution in [0.15, 0.2) is 48.6 Å². The number of allylic oxidation sites excluding steroid dienone is 1. The van der Waals surface area contributed by atoms with E-state index in [0.717, 1.165) is 0 Å². The molecule has 1 aliphatic rings. The van der Waals surface area contributed by atoms with Gasteiger partial charge >= 0.3 is 18.3 Å². The van der Waals surface area contributed by atoms with Gasteiger partial charge < -0.3 is 19.5 Å². The predicted octanol–water partition coefficient (Wildman–Crippen LogP) is 5.76. The standard InChI is InChI=1S/C26H25F6NO5/c1-4-38-24(35)22(19-13-17(36-2)8-10-21(19)37-3)14-5-7-16(11-14)33-23(34)18-9-6-15(25(27,28)29)12-20(18)26(30,31)32/h5-10,12-14,16,22H,4,11H2,1-3H3,(H,33,34). The van der Waals surface area contributed by atoms with Crippen LogP contribution in [0.2, 0.25) is 0 Å². The van der Waals surface area contributed by atoms with Crippen molar-refractivity contribution in [2.45, 2.75) is 37.7 Å². The van der Waals surface area contributed by atoms with E-state index in [1.54, 1.807) is 31.2 Å². The summed E-state index contributed by atoms with van der Waals surface area (Å²) in [6.45, 7) is 1.72. The second-order valence-corrected chi connectivity index (χ2v) is 8.46. The van der Waals surface area contributed by atoms with E-state index in [2.05, 4.69) is 5.32 Å². The van der Waals surface area contributed by atoms with Crippen LogP contribution in [-0.2, 0) is 21.9 Å². The fraction of sp³-hybridized carbons (Fsp3) is 0.385. The van der Waals surface area contributed by atoms with Gasteiger partial charge in [0.05, 0.1) is 43.4 Å². The van der Waals surface area contributed by atoms with Gasteiger partial charge in [0.2, 0.25) is 0 Å². The van der Waals surface area contributed by atoms with Crippen molar-refractivity contribution in [2.75, 3.05) is 20.8 Å². The van der Waals surface area contributed by atoms with E-state index in [9.17, 15) is 35.9 Å². The maximum absolute atomic E-state index is 13.5. The highest BCUT2D eigenvalue weighted by molar-refractivity contribution is 5.96. The van der Waals surface area contributed by atoms with Crippen molar-refractivity contribution in [3.63, 3.8) is 0 Å². The van der Waals surface area contributed by atoms with Gasteiger partial charge in [-0.2, -0.15) is 26.3 Å². The minimum absolute atomic E-state index is 0.0892. The number of carbonyl (C=O) groups excluding carboxylic acids is 2. The lowest BCUT2D eigenvalue weighted by Gasteiger charge is -2.24. The number of benzene rings is 2. The van der Waals surface area contributed by atoms with E-state index in [0.29, 0.717) is 29.2 Å². The molecule has 0 radical (unpaired) electrons. The fourth-order valence-electron chi connectivity index (χ4n) is 4.33. The van der Waals surface area contributed by atoms with E-state index in [-0.39, 0.29) is 19.1 Å². The van der Waals surface area contributed by atoms with Crippen LogP contribution in [0.1, 0.15) is 46.3 Å². The summed E-state index contributed by atoms with van der Waals surface area (Å²) in [7, 11) is 2.87. The average molecular weight is 545 g/mol. The van der Waals surface area contributed by atoms with Crippen LogP contribution in [0.4, 0.5) is 26.3 Å². The number of hydrogen-bond acceptors (Lipinski definition) is 5. The lowest BCUT2D eigenvalue weighted by Crippen LogP contribution is -2.35. The van der Waals surface area contributed by atoms with Gasteiger partial charge in [0.1, 0.15) is 11.5 Å². The molecule has 0 heterocycles. The van der Waals surface area contributed by atoms with Crippen LogP contribution >= 0.6 is 0 Å². The van der Waals surface area contributed by atoms with Crippen molar-refractivity contribution >= 4 is 11.9 Å². The highest BCUT2D eigenvalue weighted by atomic mass is 19.4. The van der Waals surface area contributed by atoms with Crippen molar-refractivity contribution in [1.82, 2.24) is 5.32 Å². The third-order valence-electron chi connectivity index (χ3n) is 6.07. The number of halogens is 6. The summed E-state index contributed by atoms with van der Waals surface area (Å²) in [5.74, 6) is -2.39. The molecule has 0 saturated heterocycles. The van der Waals surface area contributed by atoms with Gasteiger partial charge in [-0.3, -0.25) is 9.59 Å². The third-order valence-corrected chi connectivity index (χ3v) is 6.07. The Labute approximate surface area is 214 Å². The maximum atomic E-state index is 13.5. The Bertz CT molecular complexity index is 1210. The molecule has 1 amide bonds. The van der Waals surface area contributed by atoms with Crippen molar-refractivity contribution in [1.29, 1.82) is 0 Å². The van der Waals surface area contributed by atoms with E-state index < -0.39 is 58.8 Å². The monoisotopic (exact) mass is 545 g/mol. The summed E-state index contributed by atoms with van der Waals surface area (Å²) in [6, 6.07) is 4.89. The molecular formula is C26H25F6NO5.